The summed E-state index contributed by atoms with van der Waals surface area (Å²) in [5, 5.41) is 11.8. The summed E-state index contributed by atoms with van der Waals surface area (Å²) in [5.41, 5.74) is 4.60. The van der Waals surface area contributed by atoms with Crippen LogP contribution >= 0.6 is 0 Å². The molecule has 0 saturated carbocycles. The Hall–Kier alpha value is -2.57. The molecule has 2 aromatic carbocycles. The SMILES string of the molecule is Cc1c(OCCCNCCC(=O)O)cccc1-c1cccc(OCCCN2CCCC2)c1C. The van der Waals surface area contributed by atoms with Crippen LogP contribution in [0.2, 0.25) is 0 Å². The van der Waals surface area contributed by atoms with Crippen LogP contribution in [0.25, 0.3) is 11.1 Å². The van der Waals surface area contributed by atoms with Gasteiger partial charge in [-0.2, -0.15) is 0 Å². The van der Waals surface area contributed by atoms with Crippen molar-refractivity contribution in [3.05, 3.63) is 47.5 Å². The van der Waals surface area contributed by atoms with Gasteiger partial charge in [0, 0.05) is 13.1 Å². The van der Waals surface area contributed by atoms with Crippen molar-refractivity contribution in [3.8, 4) is 22.6 Å². The maximum absolute atomic E-state index is 10.5. The highest BCUT2D eigenvalue weighted by Crippen LogP contribution is 2.35. The minimum absolute atomic E-state index is 0.141. The highest BCUT2D eigenvalue weighted by Gasteiger charge is 2.13. The van der Waals surface area contributed by atoms with E-state index in [2.05, 4.69) is 48.3 Å². The van der Waals surface area contributed by atoms with Crippen LogP contribution in [0.5, 0.6) is 11.5 Å². The van der Waals surface area contributed by atoms with Crippen molar-refractivity contribution in [2.45, 2.75) is 46.0 Å². The van der Waals surface area contributed by atoms with Gasteiger partial charge in [-0.15, -0.1) is 0 Å². The van der Waals surface area contributed by atoms with Crippen LogP contribution in [-0.4, -0.2) is 61.9 Å². The smallest absolute Gasteiger partial charge is 0.304 e. The number of nitrogens with one attached hydrogen (secondary N) is 1. The third kappa shape index (κ3) is 7.76. The standard InChI is InChI=1S/C27H38N2O4/c1-21-23(9-5-11-25(21)32-19-7-14-28-15-13-27(30)31)24-10-6-12-26(22(24)2)33-20-8-18-29-16-3-4-17-29/h5-6,9-12,28H,3-4,7-8,13-20H2,1-2H3,(H,30,31). The van der Waals surface area contributed by atoms with Crippen LogP contribution in [-0.2, 0) is 4.79 Å². The number of nitrogens with zero attached hydrogens (tertiary/aromatic N) is 1. The van der Waals surface area contributed by atoms with Gasteiger partial charge in [0.1, 0.15) is 11.5 Å². The number of hydrogen-bond acceptors (Lipinski definition) is 5. The fourth-order valence-corrected chi connectivity index (χ4v) is 4.30. The summed E-state index contributed by atoms with van der Waals surface area (Å²) in [5.74, 6) is 1.06. The predicted molar refractivity (Wildman–Crippen MR) is 132 cm³/mol. The Bertz CT molecular complexity index is 894. The van der Waals surface area contributed by atoms with Crippen LogP contribution in [0.3, 0.4) is 0 Å². The van der Waals surface area contributed by atoms with Crippen molar-refractivity contribution >= 4 is 5.97 Å². The molecule has 0 aliphatic carbocycles. The van der Waals surface area contributed by atoms with Gasteiger partial charge in [0.05, 0.1) is 19.6 Å². The number of carboxylic acids is 1. The predicted octanol–water partition coefficient (Wildman–Crippen LogP) is 4.67. The van der Waals surface area contributed by atoms with Crippen molar-refractivity contribution in [3.63, 3.8) is 0 Å². The molecule has 0 aromatic heterocycles. The fourth-order valence-electron chi connectivity index (χ4n) is 4.30. The van der Waals surface area contributed by atoms with Crippen molar-refractivity contribution in [1.29, 1.82) is 0 Å². The molecule has 0 spiro atoms. The molecular formula is C27H38N2O4. The largest absolute Gasteiger partial charge is 0.493 e. The molecular weight excluding hydrogens is 416 g/mol. The first-order chi connectivity index (χ1) is 16.1. The van der Waals surface area contributed by atoms with Crippen LogP contribution in [0, 0.1) is 13.8 Å². The van der Waals surface area contributed by atoms with E-state index in [0.29, 0.717) is 13.2 Å². The third-order valence-corrected chi connectivity index (χ3v) is 6.20. The molecule has 180 valence electrons. The van der Waals surface area contributed by atoms with E-state index < -0.39 is 5.97 Å². The Balaban J connectivity index is 1.54. The topological polar surface area (TPSA) is 71.0 Å². The van der Waals surface area contributed by atoms with Gasteiger partial charge in [-0.05, 0) is 93.6 Å². The van der Waals surface area contributed by atoms with E-state index in [0.717, 1.165) is 60.7 Å². The lowest BCUT2D eigenvalue weighted by Gasteiger charge is -2.18. The minimum atomic E-state index is -0.780. The highest BCUT2D eigenvalue weighted by atomic mass is 16.5. The van der Waals surface area contributed by atoms with E-state index in [1.54, 1.807) is 0 Å². The zero-order valence-corrected chi connectivity index (χ0v) is 20.1. The Morgan fingerprint density at radius 1 is 0.909 bits per heavy atom. The summed E-state index contributed by atoms with van der Waals surface area (Å²) < 4.78 is 12.2. The number of likely N-dealkylation sites (tertiary alicyclic amines) is 1. The lowest BCUT2D eigenvalue weighted by Crippen LogP contribution is -2.22. The van der Waals surface area contributed by atoms with E-state index in [1.807, 2.05) is 12.1 Å². The van der Waals surface area contributed by atoms with Crippen LogP contribution in [0.1, 0.15) is 43.2 Å². The molecule has 33 heavy (non-hydrogen) atoms. The van der Waals surface area contributed by atoms with E-state index >= 15 is 0 Å². The zero-order chi connectivity index (χ0) is 23.5. The van der Waals surface area contributed by atoms with Gasteiger partial charge in [0.2, 0.25) is 0 Å². The maximum Gasteiger partial charge on any atom is 0.304 e. The zero-order valence-electron chi connectivity index (χ0n) is 20.1. The third-order valence-electron chi connectivity index (χ3n) is 6.20. The second-order valence-electron chi connectivity index (χ2n) is 8.70. The molecule has 0 amide bonds. The van der Waals surface area contributed by atoms with Gasteiger partial charge in [-0.3, -0.25) is 4.79 Å². The van der Waals surface area contributed by atoms with Crippen molar-refractivity contribution in [2.24, 2.45) is 0 Å². The molecule has 1 fully saturated rings. The highest BCUT2D eigenvalue weighted by molar-refractivity contribution is 5.74. The van der Waals surface area contributed by atoms with E-state index in [-0.39, 0.29) is 6.42 Å². The van der Waals surface area contributed by atoms with Crippen LogP contribution in [0.15, 0.2) is 36.4 Å². The maximum atomic E-state index is 10.5. The lowest BCUT2D eigenvalue weighted by molar-refractivity contribution is -0.136. The summed E-state index contributed by atoms with van der Waals surface area (Å²) in [4.78, 5) is 13.1. The van der Waals surface area contributed by atoms with Gasteiger partial charge in [-0.25, -0.2) is 0 Å². The number of rotatable bonds is 14. The lowest BCUT2D eigenvalue weighted by atomic mass is 9.95. The average molecular weight is 455 g/mol. The number of ether oxygens (including phenoxy) is 2. The molecule has 3 rings (SSSR count). The molecule has 0 bridgehead atoms. The molecule has 0 atom stereocenters. The Labute approximate surface area is 197 Å². The van der Waals surface area contributed by atoms with E-state index in [4.69, 9.17) is 14.6 Å². The van der Waals surface area contributed by atoms with Crippen molar-refractivity contribution < 1.29 is 19.4 Å². The first-order valence-corrected chi connectivity index (χ1v) is 12.2. The van der Waals surface area contributed by atoms with Crippen molar-refractivity contribution in [1.82, 2.24) is 10.2 Å². The number of carbonyl (C=O) groups is 1. The van der Waals surface area contributed by atoms with Crippen LogP contribution in [0.4, 0.5) is 0 Å². The molecule has 6 heteroatoms. The summed E-state index contributed by atoms with van der Waals surface area (Å²) in [6.45, 7) is 10.3. The molecule has 1 saturated heterocycles. The molecule has 1 aliphatic rings. The molecule has 6 nitrogen and oxygen atoms in total. The van der Waals surface area contributed by atoms with Gasteiger partial charge in [0.15, 0.2) is 0 Å². The van der Waals surface area contributed by atoms with E-state index in [9.17, 15) is 4.79 Å². The summed E-state index contributed by atoms with van der Waals surface area (Å²) in [6, 6.07) is 12.4. The first-order valence-electron chi connectivity index (χ1n) is 12.2. The number of benzene rings is 2. The summed E-state index contributed by atoms with van der Waals surface area (Å²) in [6.07, 6.45) is 4.67. The Kier molecular flexibility index (Phi) is 10.0. The molecule has 2 N–H and O–H groups in total. The molecule has 0 radical (unpaired) electrons. The number of hydrogen-bond donors (Lipinski definition) is 2. The van der Waals surface area contributed by atoms with Gasteiger partial charge >= 0.3 is 5.97 Å². The Morgan fingerprint density at radius 2 is 1.48 bits per heavy atom. The summed E-state index contributed by atoms with van der Waals surface area (Å²) in [7, 11) is 0. The van der Waals surface area contributed by atoms with Crippen LogP contribution < -0.4 is 14.8 Å². The monoisotopic (exact) mass is 454 g/mol. The Morgan fingerprint density at radius 3 is 2.06 bits per heavy atom. The molecule has 2 aromatic rings. The van der Waals surface area contributed by atoms with E-state index in [1.165, 1.54) is 31.5 Å². The van der Waals surface area contributed by atoms with Gasteiger partial charge in [-0.1, -0.05) is 24.3 Å². The van der Waals surface area contributed by atoms with Crippen molar-refractivity contribution in [2.75, 3.05) is 45.9 Å². The molecule has 1 heterocycles. The summed E-state index contributed by atoms with van der Waals surface area (Å²) >= 11 is 0. The molecule has 1 aliphatic heterocycles. The van der Waals surface area contributed by atoms with Gasteiger partial charge < -0.3 is 24.8 Å². The second-order valence-corrected chi connectivity index (χ2v) is 8.70. The average Bonchev–Trinajstić information content (AvgIpc) is 3.32. The fraction of sp³-hybridized carbons (Fsp3) is 0.519. The number of aliphatic carboxylic acids is 1. The normalized spacial score (nSPS) is 13.9. The first kappa shape index (κ1) is 25.1. The quantitative estimate of drug-likeness (QED) is 0.404. The van der Waals surface area contributed by atoms with Gasteiger partial charge in [0.25, 0.3) is 0 Å². The molecule has 0 unspecified atom stereocenters. The second kappa shape index (κ2) is 13.2. The number of carboxylic acid groups (broad SMARTS) is 1. The minimum Gasteiger partial charge on any atom is -0.493 e.